The summed E-state index contributed by atoms with van der Waals surface area (Å²) in [6.45, 7) is 1.95. The van der Waals surface area contributed by atoms with Gasteiger partial charge in [0.15, 0.2) is 5.78 Å². The van der Waals surface area contributed by atoms with Crippen molar-refractivity contribution in [2.75, 3.05) is 7.11 Å². The predicted molar refractivity (Wildman–Crippen MR) is 84.9 cm³/mol. The highest BCUT2D eigenvalue weighted by atomic mass is 79.9. The van der Waals surface area contributed by atoms with Crippen molar-refractivity contribution in [1.29, 1.82) is 0 Å². The maximum Gasteiger partial charge on any atom is 0.168 e. The Morgan fingerprint density at radius 1 is 1.25 bits per heavy atom. The molecule has 2 rings (SSSR count). The van der Waals surface area contributed by atoms with E-state index in [2.05, 4.69) is 15.9 Å². The molecule has 0 fully saturated rings. The number of rotatable bonds is 4. The molecular weight excluding hydrogens is 340 g/mol. The highest BCUT2D eigenvalue weighted by molar-refractivity contribution is 9.10. The van der Waals surface area contributed by atoms with Gasteiger partial charge in [0.2, 0.25) is 0 Å². The van der Waals surface area contributed by atoms with Crippen LogP contribution in [0.5, 0.6) is 5.75 Å². The van der Waals surface area contributed by atoms with E-state index in [1.807, 2.05) is 31.2 Å². The molecule has 0 unspecified atom stereocenters. The Labute approximate surface area is 131 Å². The van der Waals surface area contributed by atoms with Gasteiger partial charge in [-0.3, -0.25) is 4.79 Å². The van der Waals surface area contributed by atoms with Crippen LogP contribution in [0.3, 0.4) is 0 Å². The molecule has 0 aliphatic carbocycles. The summed E-state index contributed by atoms with van der Waals surface area (Å²) in [6, 6.07) is 11.1. The van der Waals surface area contributed by atoms with Gasteiger partial charge < -0.3 is 4.74 Å². The first-order valence-electron chi connectivity index (χ1n) is 6.13. The molecule has 0 saturated carbocycles. The third-order valence-corrected chi connectivity index (χ3v) is 3.94. The SMILES string of the molecule is COc1ccc(CC(=O)c2ccc(C)cc2Cl)cc1Br. The van der Waals surface area contributed by atoms with Crippen LogP contribution in [0, 0.1) is 6.92 Å². The minimum absolute atomic E-state index is 0.00654. The van der Waals surface area contributed by atoms with Crippen molar-refractivity contribution in [2.45, 2.75) is 13.3 Å². The number of hydrogen-bond donors (Lipinski definition) is 0. The smallest absolute Gasteiger partial charge is 0.168 e. The maximum absolute atomic E-state index is 12.3. The Hall–Kier alpha value is -1.32. The number of carbonyl (C=O) groups excluding carboxylic acids is 1. The van der Waals surface area contributed by atoms with Gasteiger partial charge in [0, 0.05) is 12.0 Å². The minimum Gasteiger partial charge on any atom is -0.496 e. The minimum atomic E-state index is 0.00654. The van der Waals surface area contributed by atoms with Crippen LogP contribution in [0.1, 0.15) is 21.5 Å². The maximum atomic E-state index is 12.3. The van der Waals surface area contributed by atoms with E-state index in [1.165, 1.54) is 0 Å². The first-order chi connectivity index (χ1) is 9.51. The molecule has 0 radical (unpaired) electrons. The summed E-state index contributed by atoms with van der Waals surface area (Å²) in [5.41, 5.74) is 2.52. The topological polar surface area (TPSA) is 26.3 Å². The van der Waals surface area contributed by atoms with Crippen molar-refractivity contribution in [3.63, 3.8) is 0 Å². The molecule has 0 atom stereocenters. The summed E-state index contributed by atoms with van der Waals surface area (Å²) in [5.74, 6) is 0.752. The lowest BCUT2D eigenvalue weighted by Crippen LogP contribution is -2.04. The van der Waals surface area contributed by atoms with Gasteiger partial charge >= 0.3 is 0 Å². The lowest BCUT2D eigenvalue weighted by atomic mass is 10.0. The standard InChI is InChI=1S/C16H14BrClO2/c1-10-3-5-12(14(18)7-10)15(19)9-11-4-6-16(20-2)13(17)8-11/h3-8H,9H2,1-2H3. The van der Waals surface area contributed by atoms with Crippen LogP contribution in [-0.4, -0.2) is 12.9 Å². The first-order valence-corrected chi connectivity index (χ1v) is 7.30. The van der Waals surface area contributed by atoms with Gasteiger partial charge in [0.05, 0.1) is 16.6 Å². The molecular formula is C16H14BrClO2. The number of methoxy groups -OCH3 is 1. The molecule has 0 saturated heterocycles. The number of ketones is 1. The quantitative estimate of drug-likeness (QED) is 0.735. The second-order valence-electron chi connectivity index (χ2n) is 4.55. The molecule has 0 amide bonds. The average Bonchev–Trinajstić information content (AvgIpc) is 2.38. The number of ether oxygens (including phenoxy) is 1. The van der Waals surface area contributed by atoms with E-state index in [0.717, 1.165) is 21.3 Å². The van der Waals surface area contributed by atoms with Crippen molar-refractivity contribution in [1.82, 2.24) is 0 Å². The third-order valence-electron chi connectivity index (χ3n) is 3.01. The van der Waals surface area contributed by atoms with Gasteiger partial charge in [-0.25, -0.2) is 0 Å². The van der Waals surface area contributed by atoms with Crippen LogP contribution >= 0.6 is 27.5 Å². The normalized spacial score (nSPS) is 10.4. The van der Waals surface area contributed by atoms with Crippen LogP contribution in [0.2, 0.25) is 5.02 Å². The van der Waals surface area contributed by atoms with Crippen molar-refractivity contribution >= 4 is 33.3 Å². The fourth-order valence-corrected chi connectivity index (χ4v) is 2.88. The Kier molecular flexibility index (Phi) is 4.84. The van der Waals surface area contributed by atoms with E-state index in [0.29, 0.717) is 17.0 Å². The summed E-state index contributed by atoms with van der Waals surface area (Å²) in [7, 11) is 1.61. The number of carbonyl (C=O) groups is 1. The Morgan fingerprint density at radius 3 is 2.60 bits per heavy atom. The summed E-state index contributed by atoms with van der Waals surface area (Å²) in [5, 5.41) is 0.502. The molecule has 0 N–H and O–H groups in total. The third kappa shape index (κ3) is 3.41. The van der Waals surface area contributed by atoms with Crippen LogP contribution in [0.15, 0.2) is 40.9 Å². The highest BCUT2D eigenvalue weighted by Gasteiger charge is 2.12. The van der Waals surface area contributed by atoms with Gasteiger partial charge in [0.25, 0.3) is 0 Å². The van der Waals surface area contributed by atoms with Crippen molar-refractivity contribution in [3.05, 3.63) is 62.6 Å². The van der Waals surface area contributed by atoms with Crippen LogP contribution in [0.4, 0.5) is 0 Å². The fourth-order valence-electron chi connectivity index (χ4n) is 1.95. The summed E-state index contributed by atoms with van der Waals surface area (Å²) >= 11 is 9.53. The van der Waals surface area contributed by atoms with E-state index in [4.69, 9.17) is 16.3 Å². The molecule has 0 aromatic heterocycles. The largest absolute Gasteiger partial charge is 0.496 e. The summed E-state index contributed by atoms with van der Waals surface area (Å²) in [6.07, 6.45) is 0.311. The van der Waals surface area contributed by atoms with Crippen LogP contribution < -0.4 is 4.74 Å². The van der Waals surface area contributed by atoms with Crippen molar-refractivity contribution in [2.24, 2.45) is 0 Å². The number of aryl methyl sites for hydroxylation is 1. The monoisotopic (exact) mass is 352 g/mol. The first kappa shape index (κ1) is 15.1. The number of benzene rings is 2. The summed E-state index contributed by atoms with van der Waals surface area (Å²) in [4.78, 5) is 12.3. The zero-order valence-electron chi connectivity index (χ0n) is 11.2. The van der Waals surface area contributed by atoms with Gasteiger partial charge in [0.1, 0.15) is 5.75 Å². The lowest BCUT2D eigenvalue weighted by molar-refractivity contribution is 0.0993. The second kappa shape index (κ2) is 6.42. The van der Waals surface area contributed by atoms with Crippen LogP contribution in [0.25, 0.3) is 0 Å². The van der Waals surface area contributed by atoms with Gasteiger partial charge in [-0.15, -0.1) is 0 Å². The molecule has 2 aromatic carbocycles. The van der Waals surface area contributed by atoms with E-state index >= 15 is 0 Å². The van der Waals surface area contributed by atoms with Gasteiger partial charge in [-0.1, -0.05) is 23.7 Å². The van der Waals surface area contributed by atoms with E-state index < -0.39 is 0 Å². The Bertz CT molecular complexity index is 653. The lowest BCUT2D eigenvalue weighted by Gasteiger charge is -2.07. The fraction of sp³-hybridized carbons (Fsp3) is 0.188. The molecule has 2 nitrogen and oxygen atoms in total. The van der Waals surface area contributed by atoms with Gasteiger partial charge in [-0.05, 0) is 58.2 Å². The molecule has 0 spiro atoms. The zero-order valence-corrected chi connectivity index (χ0v) is 13.6. The Balaban J connectivity index is 2.21. The van der Waals surface area contributed by atoms with Crippen molar-refractivity contribution in [3.8, 4) is 5.75 Å². The van der Waals surface area contributed by atoms with E-state index in [-0.39, 0.29) is 5.78 Å². The van der Waals surface area contributed by atoms with E-state index in [9.17, 15) is 4.79 Å². The van der Waals surface area contributed by atoms with E-state index in [1.54, 1.807) is 19.2 Å². The molecule has 0 aliphatic rings. The molecule has 0 aliphatic heterocycles. The molecule has 0 bridgehead atoms. The number of Topliss-reactive ketones (excluding diaryl/α,β-unsaturated/α-hetero) is 1. The van der Waals surface area contributed by atoms with Crippen molar-refractivity contribution < 1.29 is 9.53 Å². The number of hydrogen-bond acceptors (Lipinski definition) is 2. The highest BCUT2D eigenvalue weighted by Crippen LogP contribution is 2.26. The average molecular weight is 354 g/mol. The molecule has 0 heterocycles. The zero-order chi connectivity index (χ0) is 14.7. The molecule has 4 heteroatoms. The van der Waals surface area contributed by atoms with Crippen LogP contribution in [-0.2, 0) is 6.42 Å². The van der Waals surface area contributed by atoms with Gasteiger partial charge in [-0.2, -0.15) is 0 Å². The molecule has 104 valence electrons. The molecule has 20 heavy (non-hydrogen) atoms. The number of halogens is 2. The second-order valence-corrected chi connectivity index (χ2v) is 5.81. The summed E-state index contributed by atoms with van der Waals surface area (Å²) < 4.78 is 6.00. The predicted octanol–water partition coefficient (Wildman–Crippen LogP) is 4.84. The Morgan fingerprint density at radius 2 is 2.00 bits per heavy atom. The molecule has 2 aromatic rings.